The quantitative estimate of drug-likeness (QED) is 0.753. The molecule has 0 radical (unpaired) electrons. The Balaban J connectivity index is 1.69. The predicted octanol–water partition coefficient (Wildman–Crippen LogP) is 3.51. The van der Waals surface area contributed by atoms with Crippen LogP contribution < -0.4 is 0 Å². The van der Waals surface area contributed by atoms with Gasteiger partial charge in [-0.3, -0.25) is 9.80 Å². The van der Waals surface area contributed by atoms with Gasteiger partial charge in [-0.25, -0.2) is 0 Å². The summed E-state index contributed by atoms with van der Waals surface area (Å²) in [6, 6.07) is 2.58. The van der Waals surface area contributed by atoms with Crippen molar-refractivity contribution in [3.8, 4) is 0 Å². The molecular formula is C17H32N2. The predicted molar refractivity (Wildman–Crippen MR) is 81.4 cm³/mol. The van der Waals surface area contributed by atoms with Gasteiger partial charge < -0.3 is 0 Å². The van der Waals surface area contributed by atoms with E-state index in [1.807, 2.05) is 0 Å². The lowest BCUT2D eigenvalue weighted by Gasteiger charge is -2.50. The molecule has 3 fully saturated rings. The largest absolute Gasteiger partial charge is 0.298 e. The fourth-order valence-electron chi connectivity index (χ4n) is 4.77. The number of hydrogen-bond donors (Lipinski definition) is 0. The van der Waals surface area contributed by atoms with E-state index in [1.54, 1.807) is 0 Å². The average Bonchev–Trinajstić information content (AvgIpc) is 2.77. The molecule has 2 nitrogen and oxygen atoms in total. The number of rotatable bonds is 2. The van der Waals surface area contributed by atoms with Crippen LogP contribution in [0.3, 0.4) is 0 Å². The summed E-state index contributed by atoms with van der Waals surface area (Å²) in [6.07, 6.45) is 9.97. The van der Waals surface area contributed by atoms with E-state index >= 15 is 0 Å². The number of nitrogens with zero attached hydrogens (tertiary/aromatic N) is 2. The number of piperazine rings is 1. The zero-order valence-electron chi connectivity index (χ0n) is 13.2. The van der Waals surface area contributed by atoms with Gasteiger partial charge in [-0.1, -0.05) is 27.2 Å². The minimum absolute atomic E-state index is 0.590. The number of fused-ring (bicyclic) bond motifs is 1. The summed E-state index contributed by atoms with van der Waals surface area (Å²) in [5, 5.41) is 0. The van der Waals surface area contributed by atoms with Crippen molar-refractivity contribution in [1.82, 2.24) is 9.80 Å². The molecule has 1 aliphatic carbocycles. The molecule has 110 valence electrons. The smallest absolute Gasteiger partial charge is 0.0224 e. The van der Waals surface area contributed by atoms with E-state index in [0.29, 0.717) is 5.41 Å². The highest BCUT2D eigenvalue weighted by Gasteiger charge is 2.41. The summed E-state index contributed by atoms with van der Waals surface area (Å²) < 4.78 is 0. The summed E-state index contributed by atoms with van der Waals surface area (Å²) >= 11 is 0. The maximum absolute atomic E-state index is 2.92. The SMILES string of the molecule is CCC1CN2CCCCC2CN1C1CCC(C)(C)C1. The van der Waals surface area contributed by atoms with E-state index in [1.165, 1.54) is 64.6 Å². The highest BCUT2D eigenvalue weighted by atomic mass is 15.3. The van der Waals surface area contributed by atoms with Crippen molar-refractivity contribution in [2.75, 3.05) is 19.6 Å². The molecule has 3 atom stereocenters. The summed E-state index contributed by atoms with van der Waals surface area (Å²) in [5.74, 6) is 0. The molecule has 0 aromatic rings. The summed E-state index contributed by atoms with van der Waals surface area (Å²) in [5.41, 5.74) is 0.590. The fourth-order valence-corrected chi connectivity index (χ4v) is 4.77. The first kappa shape index (κ1) is 13.9. The molecule has 3 aliphatic rings. The maximum atomic E-state index is 2.92. The van der Waals surface area contributed by atoms with Crippen LogP contribution in [0.5, 0.6) is 0 Å². The van der Waals surface area contributed by atoms with Gasteiger partial charge in [0.25, 0.3) is 0 Å². The molecule has 0 bridgehead atoms. The highest BCUT2D eigenvalue weighted by Crippen LogP contribution is 2.41. The Bertz CT molecular complexity index is 312. The molecule has 3 unspecified atom stereocenters. The van der Waals surface area contributed by atoms with E-state index in [9.17, 15) is 0 Å². The molecule has 0 spiro atoms. The molecule has 19 heavy (non-hydrogen) atoms. The molecule has 2 saturated heterocycles. The summed E-state index contributed by atoms with van der Waals surface area (Å²) in [6.45, 7) is 11.4. The normalized spacial score (nSPS) is 40.3. The lowest BCUT2D eigenvalue weighted by Crippen LogP contribution is -2.61. The van der Waals surface area contributed by atoms with Crippen LogP contribution in [0, 0.1) is 5.41 Å². The average molecular weight is 264 g/mol. The minimum atomic E-state index is 0.590. The van der Waals surface area contributed by atoms with Crippen molar-refractivity contribution in [3.05, 3.63) is 0 Å². The van der Waals surface area contributed by atoms with Gasteiger partial charge in [-0.2, -0.15) is 0 Å². The van der Waals surface area contributed by atoms with Gasteiger partial charge >= 0.3 is 0 Å². The van der Waals surface area contributed by atoms with Crippen LogP contribution in [0.2, 0.25) is 0 Å². The third-order valence-corrected chi connectivity index (χ3v) is 5.97. The second kappa shape index (κ2) is 5.37. The van der Waals surface area contributed by atoms with E-state index < -0.39 is 0 Å². The zero-order valence-corrected chi connectivity index (χ0v) is 13.2. The third-order valence-electron chi connectivity index (χ3n) is 5.97. The van der Waals surface area contributed by atoms with Gasteiger partial charge in [0, 0.05) is 31.2 Å². The van der Waals surface area contributed by atoms with Crippen LogP contribution in [0.1, 0.15) is 65.7 Å². The van der Waals surface area contributed by atoms with Gasteiger partial charge in [-0.15, -0.1) is 0 Å². The van der Waals surface area contributed by atoms with E-state index in [2.05, 4.69) is 30.6 Å². The van der Waals surface area contributed by atoms with Crippen molar-refractivity contribution in [2.45, 2.75) is 83.8 Å². The lowest BCUT2D eigenvalue weighted by atomic mass is 9.90. The molecule has 0 aromatic carbocycles. The number of hydrogen-bond acceptors (Lipinski definition) is 2. The van der Waals surface area contributed by atoms with E-state index in [-0.39, 0.29) is 0 Å². The first-order valence-corrected chi connectivity index (χ1v) is 8.59. The molecular weight excluding hydrogens is 232 g/mol. The maximum Gasteiger partial charge on any atom is 0.0224 e. The second-order valence-corrected chi connectivity index (χ2v) is 7.96. The van der Waals surface area contributed by atoms with Gasteiger partial charge in [0.15, 0.2) is 0 Å². The molecule has 2 heterocycles. The molecule has 0 N–H and O–H groups in total. The Hall–Kier alpha value is -0.0800. The standard InChI is InChI=1S/C17H32N2/c1-4-14-12-18-10-6-5-7-16(18)13-19(14)15-8-9-17(2,3)11-15/h14-16H,4-13H2,1-3H3. The molecule has 0 aromatic heterocycles. The first-order valence-electron chi connectivity index (χ1n) is 8.59. The summed E-state index contributed by atoms with van der Waals surface area (Å²) in [7, 11) is 0. The van der Waals surface area contributed by atoms with Crippen molar-refractivity contribution >= 4 is 0 Å². The van der Waals surface area contributed by atoms with Gasteiger partial charge in [0.05, 0.1) is 0 Å². The van der Waals surface area contributed by atoms with Gasteiger partial charge in [0.2, 0.25) is 0 Å². The Morgan fingerprint density at radius 2 is 1.89 bits per heavy atom. The van der Waals surface area contributed by atoms with Crippen LogP contribution >= 0.6 is 0 Å². The highest BCUT2D eigenvalue weighted by molar-refractivity contribution is 4.96. The Labute approximate surface area is 119 Å². The van der Waals surface area contributed by atoms with Crippen molar-refractivity contribution < 1.29 is 0 Å². The Kier molecular flexibility index (Phi) is 3.92. The van der Waals surface area contributed by atoms with Crippen molar-refractivity contribution in [3.63, 3.8) is 0 Å². The molecule has 2 aliphatic heterocycles. The molecule has 3 rings (SSSR count). The van der Waals surface area contributed by atoms with Crippen molar-refractivity contribution in [1.29, 1.82) is 0 Å². The topological polar surface area (TPSA) is 6.48 Å². The minimum Gasteiger partial charge on any atom is -0.298 e. The Morgan fingerprint density at radius 3 is 2.58 bits per heavy atom. The number of piperidine rings is 1. The summed E-state index contributed by atoms with van der Waals surface area (Å²) in [4.78, 5) is 5.72. The van der Waals surface area contributed by atoms with Crippen LogP contribution in [-0.4, -0.2) is 47.6 Å². The monoisotopic (exact) mass is 264 g/mol. The van der Waals surface area contributed by atoms with Crippen LogP contribution in [0.25, 0.3) is 0 Å². The van der Waals surface area contributed by atoms with E-state index in [0.717, 1.165) is 18.1 Å². The Morgan fingerprint density at radius 1 is 1.05 bits per heavy atom. The molecule has 1 saturated carbocycles. The molecule has 0 amide bonds. The van der Waals surface area contributed by atoms with Crippen LogP contribution in [0.15, 0.2) is 0 Å². The third kappa shape index (κ3) is 2.85. The fraction of sp³-hybridized carbons (Fsp3) is 1.00. The first-order chi connectivity index (χ1) is 9.09. The zero-order chi connectivity index (χ0) is 13.5. The van der Waals surface area contributed by atoms with Crippen molar-refractivity contribution in [2.24, 2.45) is 5.41 Å². The van der Waals surface area contributed by atoms with Gasteiger partial charge in [-0.05, 0) is 50.5 Å². The lowest BCUT2D eigenvalue weighted by molar-refractivity contribution is -0.0159. The second-order valence-electron chi connectivity index (χ2n) is 7.96. The van der Waals surface area contributed by atoms with E-state index in [4.69, 9.17) is 0 Å². The molecule has 2 heteroatoms. The van der Waals surface area contributed by atoms with Crippen LogP contribution in [0.4, 0.5) is 0 Å². The van der Waals surface area contributed by atoms with Gasteiger partial charge in [0.1, 0.15) is 0 Å². The van der Waals surface area contributed by atoms with Crippen LogP contribution in [-0.2, 0) is 0 Å².